The third kappa shape index (κ3) is 2.47. The average Bonchev–Trinajstić information content (AvgIpc) is 3.54. The predicted octanol–water partition coefficient (Wildman–Crippen LogP) is 4.59. The highest BCUT2D eigenvalue weighted by atomic mass is 16.6. The molecule has 3 aromatic rings. The molecule has 2 bridgehead atoms. The fraction of sp³-hybridized carbons (Fsp3) is 0.241. The molecule has 35 heavy (non-hydrogen) atoms. The van der Waals surface area contributed by atoms with Gasteiger partial charge in [0.15, 0.2) is 0 Å². The molecule has 3 aliphatic rings. The van der Waals surface area contributed by atoms with Crippen molar-refractivity contribution in [2.75, 3.05) is 20.2 Å². The van der Waals surface area contributed by atoms with Gasteiger partial charge in [-0.05, 0) is 22.3 Å². The Kier molecular flexibility index (Phi) is 4.66. The molecule has 3 aliphatic heterocycles. The minimum atomic E-state index is -1.20. The Hall–Kier alpha value is -3.90. The second-order valence-corrected chi connectivity index (χ2v) is 9.24. The third-order valence-electron chi connectivity index (χ3n) is 7.95. The van der Waals surface area contributed by atoms with E-state index in [1.165, 1.54) is 7.11 Å². The minimum absolute atomic E-state index is 0.0921. The number of carbonyl (C=O) groups is 2. The molecule has 0 aliphatic carbocycles. The van der Waals surface area contributed by atoms with Gasteiger partial charge in [0.1, 0.15) is 16.6 Å². The number of benzene rings is 3. The summed E-state index contributed by atoms with van der Waals surface area (Å²) in [5.41, 5.74) is 0.353. The number of hydrogen-bond acceptors (Lipinski definition) is 5. The van der Waals surface area contributed by atoms with Crippen LogP contribution in [-0.2, 0) is 30.2 Å². The third-order valence-corrected chi connectivity index (χ3v) is 7.95. The number of amides is 1. The predicted molar refractivity (Wildman–Crippen MR) is 128 cm³/mol. The van der Waals surface area contributed by atoms with Crippen LogP contribution >= 0.6 is 0 Å². The van der Waals surface area contributed by atoms with Gasteiger partial charge >= 0.3 is 12.1 Å². The maximum absolute atomic E-state index is 14.0. The van der Waals surface area contributed by atoms with Gasteiger partial charge in [-0.1, -0.05) is 91.5 Å². The molecule has 0 radical (unpaired) electrons. The highest BCUT2D eigenvalue weighted by Gasteiger charge is 2.83. The summed E-state index contributed by atoms with van der Waals surface area (Å²) in [5, 5.41) is 0. The van der Waals surface area contributed by atoms with Gasteiger partial charge in [0.05, 0.1) is 13.4 Å². The van der Waals surface area contributed by atoms with Crippen molar-refractivity contribution in [2.24, 2.45) is 11.3 Å². The van der Waals surface area contributed by atoms with E-state index in [2.05, 4.69) is 12.6 Å². The minimum Gasteiger partial charge on any atom is -0.468 e. The van der Waals surface area contributed by atoms with Crippen molar-refractivity contribution < 1.29 is 23.8 Å². The highest BCUT2D eigenvalue weighted by molar-refractivity contribution is 5.86. The molecule has 176 valence electrons. The van der Waals surface area contributed by atoms with Crippen LogP contribution in [0.1, 0.15) is 22.3 Å². The monoisotopic (exact) mass is 467 g/mol. The largest absolute Gasteiger partial charge is 0.468 e. The van der Waals surface area contributed by atoms with E-state index in [1.807, 2.05) is 78.9 Å². The molecule has 3 heterocycles. The Morgan fingerprint density at radius 1 is 0.943 bits per heavy atom. The topological polar surface area (TPSA) is 65.1 Å². The zero-order chi connectivity index (χ0) is 24.3. The van der Waals surface area contributed by atoms with Crippen LogP contribution in [0.5, 0.6) is 0 Å². The first-order chi connectivity index (χ1) is 17.1. The lowest BCUT2D eigenvalue weighted by atomic mass is 9.53. The Morgan fingerprint density at radius 2 is 1.54 bits per heavy atom. The molecular formula is C29H25NO5. The fourth-order valence-electron chi connectivity index (χ4n) is 6.80. The van der Waals surface area contributed by atoms with Crippen molar-refractivity contribution in [3.63, 3.8) is 0 Å². The maximum Gasteiger partial charge on any atom is 0.414 e. The smallest absolute Gasteiger partial charge is 0.414 e. The molecule has 2 fully saturated rings. The van der Waals surface area contributed by atoms with E-state index in [0.29, 0.717) is 0 Å². The number of likely N-dealkylation sites (tertiary alicyclic amines) is 1. The van der Waals surface area contributed by atoms with Gasteiger partial charge in [0.2, 0.25) is 0 Å². The summed E-state index contributed by atoms with van der Waals surface area (Å²) in [4.78, 5) is 28.5. The molecule has 0 N–H and O–H groups in total. The van der Waals surface area contributed by atoms with Crippen LogP contribution in [-0.4, -0.2) is 37.2 Å². The van der Waals surface area contributed by atoms with Gasteiger partial charge in [-0.3, -0.25) is 4.79 Å². The van der Waals surface area contributed by atoms with E-state index < -0.39 is 34.6 Å². The van der Waals surface area contributed by atoms with Crippen LogP contribution in [0.25, 0.3) is 0 Å². The molecule has 6 heteroatoms. The number of rotatable bonds is 4. The number of fused-ring (bicyclic) bond motifs is 8. The Morgan fingerprint density at radius 3 is 2.17 bits per heavy atom. The highest BCUT2D eigenvalue weighted by Crippen LogP contribution is 2.75. The van der Waals surface area contributed by atoms with Gasteiger partial charge in [-0.25, -0.2) is 4.79 Å². The molecule has 2 saturated heterocycles. The first-order valence-electron chi connectivity index (χ1n) is 11.6. The van der Waals surface area contributed by atoms with Crippen LogP contribution in [0.4, 0.5) is 4.79 Å². The summed E-state index contributed by atoms with van der Waals surface area (Å²) in [5.74, 6) is -0.829. The summed E-state index contributed by atoms with van der Waals surface area (Å²) < 4.78 is 17.9. The van der Waals surface area contributed by atoms with Crippen LogP contribution in [0.2, 0.25) is 0 Å². The first-order valence-corrected chi connectivity index (χ1v) is 11.6. The molecule has 6 rings (SSSR count). The van der Waals surface area contributed by atoms with E-state index in [4.69, 9.17) is 14.2 Å². The van der Waals surface area contributed by atoms with E-state index >= 15 is 0 Å². The molecule has 0 aromatic heterocycles. The summed E-state index contributed by atoms with van der Waals surface area (Å²) >= 11 is 0. The number of ether oxygens (including phenoxy) is 3. The number of methoxy groups -OCH3 is 1. The van der Waals surface area contributed by atoms with Gasteiger partial charge in [-0.15, -0.1) is 0 Å². The second kappa shape index (κ2) is 7.55. The summed E-state index contributed by atoms with van der Waals surface area (Å²) in [7, 11) is 1.39. The standard InChI is InChI=1S/C29H25NO5/c1-3-34-26(32)30-18-24-27(19-30,25(31)33-2)29(21-14-8-5-9-15-21)23-17-11-10-16-22(23)28(24,35-29)20-12-6-4-7-13-20/h3-17,24H,1,18-19H2,2H3/t24-,27+,28-,29+/m1/s1. The Bertz CT molecular complexity index is 1330. The number of nitrogens with zero attached hydrogens (tertiary/aromatic N) is 1. The molecule has 0 unspecified atom stereocenters. The van der Waals surface area contributed by atoms with Crippen molar-refractivity contribution in [2.45, 2.75) is 11.2 Å². The zero-order valence-corrected chi connectivity index (χ0v) is 19.3. The Labute approximate surface area is 203 Å². The van der Waals surface area contributed by atoms with Crippen LogP contribution in [0.3, 0.4) is 0 Å². The molecule has 3 aromatic carbocycles. The van der Waals surface area contributed by atoms with Crippen molar-refractivity contribution in [1.29, 1.82) is 0 Å². The van der Waals surface area contributed by atoms with E-state index in [9.17, 15) is 9.59 Å². The van der Waals surface area contributed by atoms with Crippen molar-refractivity contribution >= 4 is 12.1 Å². The summed E-state index contributed by atoms with van der Waals surface area (Å²) in [6.45, 7) is 3.88. The quantitative estimate of drug-likeness (QED) is 0.415. The molecule has 4 atom stereocenters. The van der Waals surface area contributed by atoms with Gasteiger partial charge in [-0.2, -0.15) is 0 Å². The molecule has 1 amide bonds. The lowest BCUT2D eigenvalue weighted by Crippen LogP contribution is -2.55. The van der Waals surface area contributed by atoms with Crippen molar-refractivity contribution in [3.05, 3.63) is 120 Å². The summed E-state index contributed by atoms with van der Waals surface area (Å²) in [6.07, 6.45) is 0.564. The Balaban J connectivity index is 1.72. The maximum atomic E-state index is 14.0. The van der Waals surface area contributed by atoms with Gasteiger partial charge in [0.25, 0.3) is 0 Å². The average molecular weight is 468 g/mol. The zero-order valence-electron chi connectivity index (χ0n) is 19.3. The molecule has 6 nitrogen and oxygen atoms in total. The summed E-state index contributed by atoms with van der Waals surface area (Å²) in [6, 6.07) is 27.8. The number of esters is 1. The molecular weight excluding hydrogens is 442 g/mol. The van der Waals surface area contributed by atoms with Crippen LogP contribution < -0.4 is 0 Å². The fourth-order valence-corrected chi connectivity index (χ4v) is 6.80. The lowest BCUT2D eigenvalue weighted by molar-refractivity contribution is -0.163. The molecule has 0 saturated carbocycles. The number of hydrogen-bond donors (Lipinski definition) is 0. The second-order valence-electron chi connectivity index (χ2n) is 9.24. The van der Waals surface area contributed by atoms with Crippen LogP contribution in [0.15, 0.2) is 97.8 Å². The normalized spacial score (nSPS) is 29.9. The van der Waals surface area contributed by atoms with Crippen molar-refractivity contribution in [3.8, 4) is 0 Å². The van der Waals surface area contributed by atoms with Gasteiger partial charge in [0, 0.05) is 19.0 Å². The van der Waals surface area contributed by atoms with E-state index in [-0.39, 0.29) is 13.1 Å². The van der Waals surface area contributed by atoms with Gasteiger partial charge < -0.3 is 19.1 Å². The SMILES string of the molecule is C=COC(=O)N1C[C@H]2[C@]3(c4ccccc4)O[C@@](c4ccccc4)(c4ccccc43)[C@@]2(C(=O)OC)C1. The van der Waals surface area contributed by atoms with E-state index in [0.717, 1.165) is 28.5 Å². The number of carbonyl (C=O) groups excluding carboxylic acids is 2. The lowest BCUT2D eigenvalue weighted by Gasteiger charge is -2.44. The van der Waals surface area contributed by atoms with Crippen LogP contribution in [0, 0.1) is 11.3 Å². The van der Waals surface area contributed by atoms with Crippen molar-refractivity contribution in [1.82, 2.24) is 4.90 Å². The first kappa shape index (κ1) is 21.6. The van der Waals surface area contributed by atoms with E-state index in [1.54, 1.807) is 4.90 Å². The molecule has 0 spiro atoms.